The van der Waals surface area contributed by atoms with E-state index in [-0.39, 0.29) is 29.4 Å². The van der Waals surface area contributed by atoms with Crippen molar-refractivity contribution in [2.24, 2.45) is 5.92 Å². The number of nitrogens with one attached hydrogen (secondary N) is 1. The second kappa shape index (κ2) is 7.82. The van der Waals surface area contributed by atoms with E-state index in [1.807, 2.05) is 33.8 Å². The van der Waals surface area contributed by atoms with Gasteiger partial charge >= 0.3 is 6.09 Å². The number of rotatable bonds is 3. The Kier molecular flexibility index (Phi) is 5.76. The zero-order chi connectivity index (χ0) is 21.4. The molecule has 3 aliphatic heterocycles. The molecular weight excluding hydrogens is 374 g/mol. The fourth-order valence-corrected chi connectivity index (χ4v) is 3.92. The van der Waals surface area contributed by atoms with Gasteiger partial charge in [0.25, 0.3) is 0 Å². The van der Waals surface area contributed by atoms with Gasteiger partial charge < -0.3 is 19.3 Å². The molecule has 1 unspecified atom stereocenters. The predicted octanol–water partition coefficient (Wildman–Crippen LogP) is 1.82. The van der Waals surface area contributed by atoms with E-state index in [1.54, 1.807) is 4.90 Å². The van der Waals surface area contributed by atoms with Crippen molar-refractivity contribution in [2.45, 2.75) is 51.7 Å². The number of imide groups is 1. The molecule has 1 atom stereocenters. The van der Waals surface area contributed by atoms with Crippen LogP contribution in [0.25, 0.3) is 0 Å². The SMILES string of the molecule is C=C(/C=C(\C)N1CC2(CN(C(=O)OC(C)(C)C)CCO2)C1)C1CCC(=O)NC1=O. The van der Waals surface area contributed by atoms with Gasteiger partial charge in [0, 0.05) is 18.7 Å². The topological polar surface area (TPSA) is 88.2 Å². The minimum absolute atomic E-state index is 0.228. The van der Waals surface area contributed by atoms with E-state index in [1.165, 1.54) is 0 Å². The maximum absolute atomic E-state index is 12.4. The molecule has 0 aromatic carbocycles. The number of allylic oxidation sites excluding steroid dienone is 2. The number of hydrogen-bond donors (Lipinski definition) is 1. The molecule has 8 nitrogen and oxygen atoms in total. The van der Waals surface area contributed by atoms with Crippen LogP contribution < -0.4 is 5.32 Å². The second-order valence-corrected chi connectivity index (χ2v) is 9.15. The predicted molar refractivity (Wildman–Crippen MR) is 107 cm³/mol. The Balaban J connectivity index is 1.55. The van der Waals surface area contributed by atoms with Crippen LogP contribution in [0.2, 0.25) is 0 Å². The van der Waals surface area contributed by atoms with Gasteiger partial charge in [-0.15, -0.1) is 0 Å². The summed E-state index contributed by atoms with van der Waals surface area (Å²) in [4.78, 5) is 39.6. The molecule has 3 aliphatic rings. The molecular formula is C21H31N3O5. The summed E-state index contributed by atoms with van der Waals surface area (Å²) in [5, 5.41) is 2.37. The van der Waals surface area contributed by atoms with E-state index in [9.17, 15) is 14.4 Å². The van der Waals surface area contributed by atoms with Gasteiger partial charge in [0.05, 0.1) is 32.2 Å². The first kappa shape index (κ1) is 21.4. The minimum Gasteiger partial charge on any atom is -0.444 e. The third-order valence-corrected chi connectivity index (χ3v) is 5.44. The summed E-state index contributed by atoms with van der Waals surface area (Å²) in [5.41, 5.74) is 0.779. The minimum atomic E-state index is -0.524. The molecule has 0 bridgehead atoms. The van der Waals surface area contributed by atoms with Gasteiger partial charge in [0.15, 0.2) is 0 Å². The van der Waals surface area contributed by atoms with Crippen molar-refractivity contribution in [1.82, 2.24) is 15.1 Å². The molecule has 3 rings (SSSR count). The highest BCUT2D eigenvalue weighted by Crippen LogP contribution is 2.33. The summed E-state index contributed by atoms with van der Waals surface area (Å²) < 4.78 is 11.5. The monoisotopic (exact) mass is 405 g/mol. The molecule has 3 heterocycles. The molecule has 29 heavy (non-hydrogen) atoms. The van der Waals surface area contributed by atoms with Crippen molar-refractivity contribution in [2.75, 3.05) is 32.8 Å². The fraction of sp³-hybridized carbons (Fsp3) is 0.667. The maximum Gasteiger partial charge on any atom is 0.410 e. The van der Waals surface area contributed by atoms with Gasteiger partial charge in [-0.3, -0.25) is 14.9 Å². The first-order chi connectivity index (χ1) is 13.5. The molecule has 3 amide bonds. The number of piperidine rings is 1. The molecule has 0 radical (unpaired) electrons. The number of amides is 3. The molecule has 0 aromatic heterocycles. The van der Waals surface area contributed by atoms with Crippen LogP contribution in [0, 0.1) is 5.92 Å². The Morgan fingerprint density at radius 3 is 2.55 bits per heavy atom. The smallest absolute Gasteiger partial charge is 0.410 e. The largest absolute Gasteiger partial charge is 0.444 e. The fourth-order valence-electron chi connectivity index (χ4n) is 3.92. The highest BCUT2D eigenvalue weighted by atomic mass is 16.6. The maximum atomic E-state index is 12.4. The molecule has 0 saturated carbocycles. The van der Waals surface area contributed by atoms with E-state index >= 15 is 0 Å². The Hall–Kier alpha value is -2.35. The van der Waals surface area contributed by atoms with Crippen molar-refractivity contribution < 1.29 is 23.9 Å². The lowest BCUT2D eigenvalue weighted by Crippen LogP contribution is -2.70. The first-order valence-corrected chi connectivity index (χ1v) is 10.1. The summed E-state index contributed by atoms with van der Waals surface area (Å²) in [6.45, 7) is 14.4. The third-order valence-electron chi connectivity index (χ3n) is 5.44. The molecule has 3 fully saturated rings. The van der Waals surface area contributed by atoms with Crippen LogP contribution in [-0.2, 0) is 19.1 Å². The molecule has 3 saturated heterocycles. The van der Waals surface area contributed by atoms with Gasteiger partial charge in [-0.1, -0.05) is 6.58 Å². The summed E-state index contributed by atoms with van der Waals surface area (Å²) in [5.74, 6) is -0.876. The van der Waals surface area contributed by atoms with Crippen molar-refractivity contribution in [3.63, 3.8) is 0 Å². The highest BCUT2D eigenvalue weighted by Gasteiger charge is 2.49. The van der Waals surface area contributed by atoms with Crippen molar-refractivity contribution in [3.8, 4) is 0 Å². The van der Waals surface area contributed by atoms with E-state index < -0.39 is 5.60 Å². The summed E-state index contributed by atoms with van der Waals surface area (Å²) in [6.07, 6.45) is 2.42. The van der Waals surface area contributed by atoms with Crippen LogP contribution in [0.1, 0.15) is 40.5 Å². The number of carbonyl (C=O) groups excluding carboxylic acids is 3. The van der Waals surface area contributed by atoms with Crippen molar-refractivity contribution in [1.29, 1.82) is 0 Å². The van der Waals surface area contributed by atoms with Crippen molar-refractivity contribution in [3.05, 3.63) is 23.9 Å². The number of nitrogens with zero attached hydrogens (tertiary/aromatic N) is 2. The second-order valence-electron chi connectivity index (χ2n) is 9.15. The average molecular weight is 405 g/mol. The number of likely N-dealkylation sites (tertiary alicyclic amines) is 1. The lowest BCUT2D eigenvalue weighted by molar-refractivity contribution is -0.171. The van der Waals surface area contributed by atoms with Crippen LogP contribution in [0.5, 0.6) is 0 Å². The Bertz CT molecular complexity index is 746. The van der Waals surface area contributed by atoms with E-state index in [0.29, 0.717) is 51.2 Å². The number of hydrogen-bond acceptors (Lipinski definition) is 6. The summed E-state index contributed by atoms with van der Waals surface area (Å²) in [6, 6.07) is 0. The van der Waals surface area contributed by atoms with Crippen LogP contribution in [0.15, 0.2) is 23.9 Å². The highest BCUT2D eigenvalue weighted by molar-refractivity contribution is 6.00. The summed E-state index contributed by atoms with van der Waals surface area (Å²) >= 11 is 0. The van der Waals surface area contributed by atoms with E-state index in [4.69, 9.17) is 9.47 Å². The molecule has 1 spiro atoms. The first-order valence-electron chi connectivity index (χ1n) is 10.1. The van der Waals surface area contributed by atoms with Crippen LogP contribution in [0.4, 0.5) is 4.79 Å². The van der Waals surface area contributed by atoms with Crippen molar-refractivity contribution >= 4 is 17.9 Å². The average Bonchev–Trinajstić information content (AvgIpc) is 2.58. The van der Waals surface area contributed by atoms with E-state index in [0.717, 1.165) is 5.70 Å². The quantitative estimate of drug-likeness (QED) is 0.569. The molecule has 0 aliphatic carbocycles. The Morgan fingerprint density at radius 2 is 1.93 bits per heavy atom. The Labute approximate surface area is 171 Å². The number of ether oxygens (including phenoxy) is 2. The molecule has 1 N–H and O–H groups in total. The summed E-state index contributed by atoms with van der Waals surface area (Å²) in [7, 11) is 0. The normalized spacial score (nSPS) is 24.8. The van der Waals surface area contributed by atoms with Crippen LogP contribution in [-0.4, -0.2) is 71.7 Å². The van der Waals surface area contributed by atoms with Gasteiger partial charge in [0.1, 0.15) is 11.2 Å². The lowest BCUT2D eigenvalue weighted by atomic mass is 9.88. The molecule has 8 heteroatoms. The van der Waals surface area contributed by atoms with E-state index in [2.05, 4.69) is 16.8 Å². The molecule has 160 valence electrons. The zero-order valence-electron chi connectivity index (χ0n) is 17.7. The zero-order valence-corrected chi connectivity index (χ0v) is 17.7. The third kappa shape index (κ3) is 4.98. The van der Waals surface area contributed by atoms with Crippen LogP contribution in [0.3, 0.4) is 0 Å². The van der Waals surface area contributed by atoms with Gasteiger partial charge in [-0.25, -0.2) is 4.79 Å². The lowest BCUT2D eigenvalue weighted by Gasteiger charge is -2.54. The van der Waals surface area contributed by atoms with Crippen LogP contribution >= 0.6 is 0 Å². The van der Waals surface area contributed by atoms with Gasteiger partial charge in [-0.05, 0) is 45.8 Å². The number of carbonyl (C=O) groups is 3. The number of morpholine rings is 1. The molecule has 0 aromatic rings. The standard InChI is InChI=1S/C21H31N3O5/c1-14(16-6-7-17(25)22-18(16)26)10-15(2)24-12-21(13-24)11-23(8-9-28-21)19(27)29-20(3,4)5/h10,16H,1,6-9,11-13H2,2-5H3,(H,22,25,26)/b15-10+. The van der Waals surface area contributed by atoms with Gasteiger partial charge in [-0.2, -0.15) is 0 Å². The Morgan fingerprint density at radius 1 is 1.28 bits per heavy atom. The van der Waals surface area contributed by atoms with Gasteiger partial charge in [0.2, 0.25) is 11.8 Å².